The number of nitrogens with one attached hydrogen (secondary N) is 1. The number of piperazine rings is 1. The van der Waals surface area contributed by atoms with Crippen LogP contribution in [0.2, 0.25) is 5.02 Å². The van der Waals surface area contributed by atoms with Gasteiger partial charge in [-0.1, -0.05) is 17.7 Å². The van der Waals surface area contributed by atoms with Gasteiger partial charge in [-0.05, 0) is 24.3 Å². The molecule has 0 saturated carbocycles. The third-order valence-electron chi connectivity index (χ3n) is 4.39. The number of halogens is 1. The fourth-order valence-electron chi connectivity index (χ4n) is 2.98. The van der Waals surface area contributed by atoms with E-state index >= 15 is 0 Å². The van der Waals surface area contributed by atoms with Crippen molar-refractivity contribution in [2.75, 3.05) is 36.4 Å². The third-order valence-corrected chi connectivity index (χ3v) is 4.62. The quantitative estimate of drug-likeness (QED) is 0.726. The minimum atomic E-state index is -0.120. The zero-order chi connectivity index (χ0) is 19.3. The molecular formula is C19H18ClN7O. The van der Waals surface area contributed by atoms with Crippen molar-refractivity contribution in [3.8, 4) is 0 Å². The molecule has 2 aromatic heterocycles. The number of aromatic nitrogens is 4. The molecule has 1 aliphatic rings. The second-order valence-electron chi connectivity index (χ2n) is 6.25. The lowest BCUT2D eigenvalue weighted by Gasteiger charge is -2.34. The van der Waals surface area contributed by atoms with Crippen LogP contribution in [0.25, 0.3) is 0 Å². The average Bonchev–Trinajstić information content (AvgIpc) is 2.74. The van der Waals surface area contributed by atoms with Crippen LogP contribution in [0.15, 0.2) is 55.1 Å². The molecule has 3 aromatic rings. The Labute approximate surface area is 167 Å². The molecule has 0 radical (unpaired) electrons. The van der Waals surface area contributed by atoms with Crippen molar-refractivity contribution in [1.29, 1.82) is 0 Å². The molecular weight excluding hydrogens is 378 g/mol. The van der Waals surface area contributed by atoms with Crippen LogP contribution < -0.4 is 10.2 Å². The molecule has 1 fully saturated rings. The summed E-state index contributed by atoms with van der Waals surface area (Å²) >= 11 is 6.00. The van der Waals surface area contributed by atoms with Gasteiger partial charge < -0.3 is 15.1 Å². The minimum absolute atomic E-state index is 0.120. The van der Waals surface area contributed by atoms with Gasteiger partial charge in [-0.25, -0.2) is 19.9 Å². The number of amides is 1. The maximum atomic E-state index is 12.8. The topological polar surface area (TPSA) is 87.1 Å². The first kappa shape index (κ1) is 18.1. The predicted molar refractivity (Wildman–Crippen MR) is 107 cm³/mol. The van der Waals surface area contributed by atoms with Crippen molar-refractivity contribution in [3.05, 3.63) is 65.8 Å². The summed E-state index contributed by atoms with van der Waals surface area (Å²) in [6, 6.07) is 10.7. The van der Waals surface area contributed by atoms with Crippen molar-refractivity contribution in [2.45, 2.75) is 0 Å². The Hall–Kier alpha value is -3.26. The van der Waals surface area contributed by atoms with Crippen LogP contribution in [-0.4, -0.2) is 56.9 Å². The number of carbonyl (C=O) groups is 1. The Balaban J connectivity index is 1.41. The molecule has 142 valence electrons. The lowest BCUT2D eigenvalue weighted by Crippen LogP contribution is -2.49. The van der Waals surface area contributed by atoms with Crippen LogP contribution in [0.3, 0.4) is 0 Å². The smallest absolute Gasteiger partial charge is 0.272 e. The molecule has 28 heavy (non-hydrogen) atoms. The number of benzene rings is 1. The fraction of sp³-hybridized carbons (Fsp3) is 0.211. The molecule has 8 nitrogen and oxygen atoms in total. The van der Waals surface area contributed by atoms with Gasteiger partial charge >= 0.3 is 0 Å². The Bertz CT molecular complexity index is 961. The molecule has 0 bridgehead atoms. The highest BCUT2D eigenvalue weighted by molar-refractivity contribution is 6.30. The summed E-state index contributed by atoms with van der Waals surface area (Å²) in [7, 11) is 0. The summed E-state index contributed by atoms with van der Waals surface area (Å²) in [5, 5.41) is 3.76. The van der Waals surface area contributed by atoms with Gasteiger partial charge in [0.05, 0.1) is 0 Å². The first-order valence-electron chi connectivity index (χ1n) is 8.85. The molecule has 1 saturated heterocycles. The first-order valence-corrected chi connectivity index (χ1v) is 9.23. The molecule has 0 spiro atoms. The van der Waals surface area contributed by atoms with Gasteiger partial charge in [0, 0.05) is 55.3 Å². The highest BCUT2D eigenvalue weighted by Gasteiger charge is 2.24. The van der Waals surface area contributed by atoms with Crippen molar-refractivity contribution in [2.24, 2.45) is 0 Å². The van der Waals surface area contributed by atoms with E-state index in [0.717, 1.165) is 5.69 Å². The van der Waals surface area contributed by atoms with E-state index in [1.807, 2.05) is 12.1 Å². The van der Waals surface area contributed by atoms with Crippen molar-refractivity contribution in [1.82, 2.24) is 24.8 Å². The van der Waals surface area contributed by atoms with Crippen molar-refractivity contribution in [3.63, 3.8) is 0 Å². The lowest BCUT2D eigenvalue weighted by molar-refractivity contribution is 0.0740. The second kappa shape index (κ2) is 8.18. The van der Waals surface area contributed by atoms with E-state index in [4.69, 9.17) is 11.6 Å². The third kappa shape index (κ3) is 4.17. The molecule has 0 unspecified atom stereocenters. The van der Waals surface area contributed by atoms with Gasteiger partial charge in [-0.15, -0.1) is 0 Å². The van der Waals surface area contributed by atoms with Crippen LogP contribution in [-0.2, 0) is 0 Å². The van der Waals surface area contributed by atoms with Crippen LogP contribution >= 0.6 is 11.6 Å². The molecule has 9 heteroatoms. The maximum Gasteiger partial charge on any atom is 0.272 e. The fourth-order valence-corrected chi connectivity index (χ4v) is 3.17. The molecule has 3 heterocycles. The largest absolute Gasteiger partial charge is 0.340 e. The summed E-state index contributed by atoms with van der Waals surface area (Å²) in [5.74, 6) is 1.10. The molecule has 0 atom stereocenters. The van der Waals surface area contributed by atoms with Gasteiger partial charge in [0.25, 0.3) is 5.91 Å². The SMILES string of the molecule is O=C(c1cc(Nc2cccc(Cl)c2)ncn1)N1CCN(c2ncccn2)CC1. The number of hydrogen-bond donors (Lipinski definition) is 1. The highest BCUT2D eigenvalue weighted by atomic mass is 35.5. The standard InChI is InChI=1S/C19H18ClN7O/c20-14-3-1-4-15(11-14)25-17-12-16(23-13-24-17)18(28)26-7-9-27(10-8-26)19-21-5-2-6-22-19/h1-6,11-13H,7-10H2,(H,23,24,25). The Morgan fingerprint density at radius 1 is 0.964 bits per heavy atom. The van der Waals surface area contributed by atoms with Crippen molar-refractivity contribution < 1.29 is 4.79 Å². The number of anilines is 3. The van der Waals surface area contributed by atoms with Gasteiger partial charge in [0.2, 0.25) is 5.95 Å². The molecule has 4 rings (SSSR count). The van der Waals surface area contributed by atoms with E-state index in [1.165, 1.54) is 6.33 Å². The Morgan fingerprint density at radius 2 is 1.75 bits per heavy atom. The van der Waals surface area contributed by atoms with Crippen LogP contribution in [0.5, 0.6) is 0 Å². The molecule has 0 aliphatic carbocycles. The monoisotopic (exact) mass is 395 g/mol. The van der Waals surface area contributed by atoms with Crippen LogP contribution in [0.4, 0.5) is 17.5 Å². The zero-order valence-corrected chi connectivity index (χ0v) is 15.8. The average molecular weight is 396 g/mol. The number of rotatable bonds is 4. The number of nitrogens with zero attached hydrogens (tertiary/aromatic N) is 6. The second-order valence-corrected chi connectivity index (χ2v) is 6.69. The molecule has 1 aliphatic heterocycles. The number of carbonyl (C=O) groups excluding carboxylic acids is 1. The van der Waals surface area contributed by atoms with E-state index in [2.05, 4.69) is 30.2 Å². The summed E-state index contributed by atoms with van der Waals surface area (Å²) in [4.78, 5) is 33.5. The zero-order valence-electron chi connectivity index (χ0n) is 15.0. The first-order chi connectivity index (χ1) is 13.7. The van der Waals surface area contributed by atoms with Gasteiger partial charge in [0.1, 0.15) is 17.8 Å². The Kier molecular flexibility index (Phi) is 5.29. The van der Waals surface area contributed by atoms with Crippen molar-refractivity contribution >= 4 is 35.0 Å². The number of hydrogen-bond acceptors (Lipinski definition) is 7. The summed E-state index contributed by atoms with van der Waals surface area (Å²) in [6.45, 7) is 2.51. The van der Waals surface area contributed by atoms with Gasteiger partial charge in [0.15, 0.2) is 0 Å². The van der Waals surface area contributed by atoms with E-state index in [9.17, 15) is 4.79 Å². The van der Waals surface area contributed by atoms with Crippen LogP contribution in [0, 0.1) is 0 Å². The molecule has 1 N–H and O–H groups in total. The van der Waals surface area contributed by atoms with E-state index in [0.29, 0.717) is 48.7 Å². The van der Waals surface area contributed by atoms with Crippen LogP contribution in [0.1, 0.15) is 10.5 Å². The lowest BCUT2D eigenvalue weighted by atomic mass is 10.2. The Morgan fingerprint density at radius 3 is 2.50 bits per heavy atom. The highest BCUT2D eigenvalue weighted by Crippen LogP contribution is 2.19. The van der Waals surface area contributed by atoms with E-state index in [-0.39, 0.29) is 5.91 Å². The van der Waals surface area contributed by atoms with E-state index < -0.39 is 0 Å². The summed E-state index contributed by atoms with van der Waals surface area (Å²) in [6.07, 6.45) is 4.82. The summed E-state index contributed by atoms with van der Waals surface area (Å²) < 4.78 is 0. The van der Waals surface area contributed by atoms with Gasteiger partial charge in [-0.3, -0.25) is 4.79 Å². The minimum Gasteiger partial charge on any atom is -0.340 e. The molecule has 1 amide bonds. The van der Waals surface area contributed by atoms with E-state index in [1.54, 1.807) is 41.6 Å². The summed E-state index contributed by atoms with van der Waals surface area (Å²) in [5.41, 5.74) is 1.14. The maximum absolute atomic E-state index is 12.8. The predicted octanol–water partition coefficient (Wildman–Crippen LogP) is 2.63. The van der Waals surface area contributed by atoms with Gasteiger partial charge in [-0.2, -0.15) is 0 Å². The normalized spacial score (nSPS) is 14.0. The molecule has 1 aromatic carbocycles.